The van der Waals surface area contributed by atoms with Crippen LogP contribution in [0.1, 0.15) is 33.6 Å². The highest BCUT2D eigenvalue weighted by molar-refractivity contribution is 5.94. The van der Waals surface area contributed by atoms with E-state index >= 15 is 0 Å². The van der Waals surface area contributed by atoms with Gasteiger partial charge in [0.2, 0.25) is 0 Å². The van der Waals surface area contributed by atoms with Crippen molar-refractivity contribution in [3.8, 4) is 0 Å². The molecule has 0 aromatic carbocycles. The molecule has 3 aliphatic heterocycles. The molecule has 0 aromatic rings. The molecule has 0 radical (unpaired) electrons. The van der Waals surface area contributed by atoms with Gasteiger partial charge in [0.15, 0.2) is 6.10 Å². The summed E-state index contributed by atoms with van der Waals surface area (Å²) in [5.41, 5.74) is -5.91. The van der Waals surface area contributed by atoms with E-state index in [2.05, 4.69) is 0 Å². The minimum Gasteiger partial charge on any atom is -0.461 e. The monoisotopic (exact) mass is 326 g/mol. The average molecular weight is 326 g/mol. The van der Waals surface area contributed by atoms with Crippen molar-refractivity contribution in [3.05, 3.63) is 0 Å². The molecule has 0 unspecified atom stereocenters. The molecule has 8 heteroatoms. The summed E-state index contributed by atoms with van der Waals surface area (Å²) in [6.07, 6.45) is -4.58. The van der Waals surface area contributed by atoms with Crippen molar-refractivity contribution in [2.24, 2.45) is 16.2 Å². The van der Waals surface area contributed by atoms with Gasteiger partial charge >= 0.3 is 17.9 Å². The number of aliphatic hydroxyl groups excluding tert-OH is 1. The van der Waals surface area contributed by atoms with E-state index < -0.39 is 58.3 Å². The van der Waals surface area contributed by atoms with Crippen LogP contribution in [0.4, 0.5) is 0 Å². The fraction of sp³-hybridized carbons (Fsp3) is 0.800. The molecule has 4 fully saturated rings. The minimum atomic E-state index is -1.78. The van der Waals surface area contributed by atoms with E-state index in [1.54, 1.807) is 20.8 Å². The summed E-state index contributed by atoms with van der Waals surface area (Å²) in [5, 5.41) is 22.2. The van der Waals surface area contributed by atoms with Crippen molar-refractivity contribution in [2.45, 2.75) is 57.7 Å². The van der Waals surface area contributed by atoms with E-state index in [0.717, 1.165) is 0 Å². The molecule has 0 aromatic heterocycles. The molecule has 1 saturated carbocycles. The Hall–Kier alpha value is -1.67. The molecule has 0 amide bonds. The Balaban J connectivity index is 2.05. The largest absolute Gasteiger partial charge is 0.461 e. The van der Waals surface area contributed by atoms with E-state index in [-0.39, 0.29) is 12.8 Å². The number of carbonyl (C=O) groups is 3. The molecular weight excluding hydrogens is 308 g/mol. The van der Waals surface area contributed by atoms with Crippen molar-refractivity contribution in [2.75, 3.05) is 0 Å². The van der Waals surface area contributed by atoms with Crippen LogP contribution in [0.5, 0.6) is 0 Å². The van der Waals surface area contributed by atoms with Crippen LogP contribution in [0.15, 0.2) is 0 Å². The molecule has 4 aliphatic rings. The number of hydrogen-bond donors (Lipinski definition) is 2. The summed E-state index contributed by atoms with van der Waals surface area (Å²) < 4.78 is 15.5. The zero-order chi connectivity index (χ0) is 17.0. The van der Waals surface area contributed by atoms with Crippen molar-refractivity contribution < 1.29 is 38.8 Å². The number of hydrogen-bond acceptors (Lipinski definition) is 8. The molecule has 2 spiro atoms. The van der Waals surface area contributed by atoms with Gasteiger partial charge in [0.05, 0.1) is 12.0 Å². The molecule has 8 nitrogen and oxygen atoms in total. The Morgan fingerprint density at radius 1 is 1.13 bits per heavy atom. The summed E-state index contributed by atoms with van der Waals surface area (Å²) in [4.78, 5) is 36.5. The number of aliphatic hydroxyl groups is 2. The lowest BCUT2D eigenvalue weighted by molar-refractivity contribution is -0.224. The summed E-state index contributed by atoms with van der Waals surface area (Å²) >= 11 is 0. The van der Waals surface area contributed by atoms with Gasteiger partial charge in [0.25, 0.3) is 6.29 Å². The van der Waals surface area contributed by atoms with Gasteiger partial charge in [-0.2, -0.15) is 0 Å². The zero-order valence-electron chi connectivity index (χ0n) is 13.0. The maximum atomic E-state index is 12.6. The summed E-state index contributed by atoms with van der Waals surface area (Å²) in [7, 11) is 0. The van der Waals surface area contributed by atoms with Gasteiger partial charge in [0, 0.05) is 6.42 Å². The van der Waals surface area contributed by atoms with E-state index in [0.29, 0.717) is 0 Å². The third-order valence-corrected chi connectivity index (χ3v) is 6.22. The van der Waals surface area contributed by atoms with Crippen LogP contribution in [-0.4, -0.2) is 52.2 Å². The smallest absolute Gasteiger partial charge is 0.339 e. The van der Waals surface area contributed by atoms with Crippen LogP contribution in [0.25, 0.3) is 0 Å². The first-order valence-corrected chi connectivity index (χ1v) is 7.54. The Kier molecular flexibility index (Phi) is 2.39. The van der Waals surface area contributed by atoms with Gasteiger partial charge in [-0.15, -0.1) is 0 Å². The van der Waals surface area contributed by atoms with E-state index in [1.807, 2.05) is 0 Å². The summed E-state index contributed by atoms with van der Waals surface area (Å²) in [6.45, 7) is 5.19. The molecule has 126 valence electrons. The fourth-order valence-corrected chi connectivity index (χ4v) is 5.15. The lowest BCUT2D eigenvalue weighted by Gasteiger charge is -2.49. The molecule has 3 heterocycles. The summed E-state index contributed by atoms with van der Waals surface area (Å²) in [5.74, 6) is -2.36. The van der Waals surface area contributed by atoms with Gasteiger partial charge in [-0.3, -0.25) is 9.59 Å². The molecule has 23 heavy (non-hydrogen) atoms. The van der Waals surface area contributed by atoms with E-state index in [1.165, 1.54) is 0 Å². The highest BCUT2D eigenvalue weighted by Crippen LogP contribution is 2.75. The lowest BCUT2D eigenvalue weighted by atomic mass is 9.52. The van der Waals surface area contributed by atoms with Crippen molar-refractivity contribution in [3.63, 3.8) is 0 Å². The quantitative estimate of drug-likeness (QED) is 0.558. The normalized spacial score (nSPS) is 51.0. The molecular formula is C15H18O8. The predicted octanol–water partition coefficient (Wildman–Crippen LogP) is -0.744. The second kappa shape index (κ2) is 3.70. The second-order valence-electron chi connectivity index (χ2n) is 7.89. The van der Waals surface area contributed by atoms with Gasteiger partial charge in [-0.1, -0.05) is 20.8 Å². The Morgan fingerprint density at radius 2 is 1.78 bits per heavy atom. The van der Waals surface area contributed by atoms with Gasteiger partial charge in [0.1, 0.15) is 16.9 Å². The fourth-order valence-electron chi connectivity index (χ4n) is 5.15. The third kappa shape index (κ3) is 1.20. The molecule has 3 saturated heterocycles. The number of rotatable bonds is 0. The van der Waals surface area contributed by atoms with Crippen LogP contribution >= 0.6 is 0 Å². The second-order valence-corrected chi connectivity index (χ2v) is 7.89. The molecule has 4 rings (SSSR count). The Labute approximate surface area is 131 Å². The highest BCUT2D eigenvalue weighted by atomic mass is 16.7. The first-order chi connectivity index (χ1) is 10.5. The van der Waals surface area contributed by atoms with Crippen LogP contribution < -0.4 is 0 Å². The van der Waals surface area contributed by atoms with Crippen LogP contribution in [-0.2, 0) is 28.6 Å². The van der Waals surface area contributed by atoms with Crippen molar-refractivity contribution in [1.82, 2.24) is 0 Å². The number of carbonyl (C=O) groups excluding carboxylic acids is 3. The molecule has 6 atom stereocenters. The average Bonchev–Trinajstić information content (AvgIpc) is 3.00. The van der Waals surface area contributed by atoms with Crippen LogP contribution in [0, 0.1) is 16.2 Å². The molecule has 0 bridgehead atoms. The van der Waals surface area contributed by atoms with Gasteiger partial charge in [-0.05, 0) is 5.41 Å². The molecule has 2 N–H and O–H groups in total. The van der Waals surface area contributed by atoms with E-state index in [9.17, 15) is 24.6 Å². The maximum Gasteiger partial charge on any atom is 0.339 e. The molecule has 1 aliphatic carbocycles. The maximum absolute atomic E-state index is 12.6. The first kappa shape index (κ1) is 14.9. The van der Waals surface area contributed by atoms with Crippen LogP contribution in [0.3, 0.4) is 0 Å². The highest BCUT2D eigenvalue weighted by Gasteiger charge is 2.92. The minimum absolute atomic E-state index is 0.0679. The zero-order valence-corrected chi connectivity index (χ0v) is 13.0. The number of esters is 3. The Bertz CT molecular complexity index is 650. The number of ether oxygens (including phenoxy) is 3. The van der Waals surface area contributed by atoms with Crippen LogP contribution in [0.2, 0.25) is 0 Å². The third-order valence-electron chi connectivity index (χ3n) is 6.22. The van der Waals surface area contributed by atoms with Crippen molar-refractivity contribution in [1.29, 1.82) is 0 Å². The summed E-state index contributed by atoms with van der Waals surface area (Å²) in [6, 6.07) is 0. The van der Waals surface area contributed by atoms with Gasteiger partial charge < -0.3 is 24.4 Å². The van der Waals surface area contributed by atoms with Gasteiger partial charge in [-0.25, -0.2) is 4.79 Å². The lowest BCUT2D eigenvalue weighted by Crippen LogP contribution is -2.65. The SMILES string of the molecule is CC(C)(C)[C@]1(O)C[C@@H]2OC(=O)C[C@@]23C(=O)O[C@H]2OC(=O)[C@H](O)[C@]213. The predicted molar refractivity (Wildman–Crippen MR) is 70.4 cm³/mol. The topological polar surface area (TPSA) is 119 Å². The first-order valence-electron chi connectivity index (χ1n) is 7.54. The standard InChI is InChI=1S/C15H18O8/c1-12(2,3)14(20)4-6-13(5-7(16)21-6)10(19)23-11-15(13,14)8(17)9(18)22-11/h6,8,11,17,20H,4-5H2,1-3H3/t6-,8-,11+,13-,14+,15+/m0/s1. The van der Waals surface area contributed by atoms with E-state index in [4.69, 9.17) is 14.2 Å². The van der Waals surface area contributed by atoms with Crippen molar-refractivity contribution >= 4 is 17.9 Å². The Morgan fingerprint density at radius 3 is 2.39 bits per heavy atom.